The molecule has 6 heteroatoms. The Kier molecular flexibility index (Phi) is 4.76. The van der Waals surface area contributed by atoms with Crippen LogP contribution in [0, 0.1) is 5.92 Å². The Bertz CT molecular complexity index is 782. The van der Waals surface area contributed by atoms with Gasteiger partial charge < -0.3 is 15.2 Å². The maximum absolute atomic E-state index is 12.5. The monoisotopic (exact) mass is 330 g/mol. The number of piperidine rings is 1. The van der Waals surface area contributed by atoms with Gasteiger partial charge >= 0.3 is 5.69 Å². The van der Waals surface area contributed by atoms with Crippen molar-refractivity contribution in [1.29, 1.82) is 0 Å². The van der Waals surface area contributed by atoms with Gasteiger partial charge in [-0.05, 0) is 37.0 Å². The molecule has 1 amide bonds. The summed E-state index contributed by atoms with van der Waals surface area (Å²) in [5.41, 5.74) is 1.93. The number of nitrogens with zero attached hydrogens (tertiary/aromatic N) is 2. The number of rotatable bonds is 4. The van der Waals surface area contributed by atoms with Gasteiger partial charge in [-0.3, -0.25) is 9.36 Å². The number of aromatic amines is 1. The summed E-state index contributed by atoms with van der Waals surface area (Å²) in [4.78, 5) is 29.4. The zero-order chi connectivity index (χ0) is 17.3. The number of carbonyl (C=O) groups is 1. The van der Waals surface area contributed by atoms with Crippen LogP contribution in [0.3, 0.4) is 0 Å². The molecule has 0 spiro atoms. The summed E-state index contributed by atoms with van der Waals surface area (Å²) in [7, 11) is 1.71. The molecule has 2 N–H and O–H groups in total. The van der Waals surface area contributed by atoms with Crippen molar-refractivity contribution in [3.05, 3.63) is 34.2 Å². The second-order valence-electron chi connectivity index (χ2n) is 7.16. The molecule has 0 atom stereocenters. The topological polar surface area (TPSA) is 70.1 Å². The van der Waals surface area contributed by atoms with E-state index in [1.165, 1.54) is 0 Å². The van der Waals surface area contributed by atoms with Crippen LogP contribution < -0.4 is 11.0 Å². The van der Waals surface area contributed by atoms with Crippen LogP contribution in [0.4, 0.5) is 0 Å². The fourth-order valence-corrected chi connectivity index (χ4v) is 3.42. The molecule has 1 aromatic heterocycles. The molecule has 1 fully saturated rings. The van der Waals surface area contributed by atoms with Crippen molar-refractivity contribution in [2.24, 2.45) is 13.0 Å². The number of carbonyl (C=O) groups excluding carboxylic acids is 1. The highest BCUT2D eigenvalue weighted by molar-refractivity contribution is 5.97. The van der Waals surface area contributed by atoms with Gasteiger partial charge in [0.05, 0.1) is 11.0 Å². The summed E-state index contributed by atoms with van der Waals surface area (Å²) in [5.74, 6) is 0.611. The Morgan fingerprint density at radius 2 is 2.04 bits per heavy atom. The lowest BCUT2D eigenvalue weighted by atomic mass is 10.0. The smallest absolute Gasteiger partial charge is 0.326 e. The minimum Gasteiger partial charge on any atom is -0.349 e. The molecule has 2 aromatic rings. The molecule has 1 aromatic carbocycles. The van der Waals surface area contributed by atoms with E-state index < -0.39 is 0 Å². The Morgan fingerprint density at radius 3 is 2.71 bits per heavy atom. The maximum atomic E-state index is 12.5. The van der Waals surface area contributed by atoms with Gasteiger partial charge in [-0.1, -0.05) is 13.8 Å². The van der Waals surface area contributed by atoms with Gasteiger partial charge in [-0.2, -0.15) is 0 Å². The summed E-state index contributed by atoms with van der Waals surface area (Å²) in [6.07, 6.45) is 1.98. The maximum Gasteiger partial charge on any atom is 0.326 e. The third-order valence-electron chi connectivity index (χ3n) is 4.71. The summed E-state index contributed by atoms with van der Waals surface area (Å²) in [6, 6.07) is 5.57. The standard InChI is InChI=1S/C18H26N4O2/c1-12(2)11-22-8-6-14(7-9-22)19-17(23)13-4-5-16-15(10-13)20-18(24)21(16)3/h4-5,10,12,14H,6-9,11H2,1-3H3,(H,19,23)(H,20,24). The van der Waals surface area contributed by atoms with Crippen molar-refractivity contribution in [2.75, 3.05) is 19.6 Å². The molecule has 1 aliphatic rings. The van der Waals surface area contributed by atoms with Gasteiger partial charge in [0.1, 0.15) is 0 Å². The van der Waals surface area contributed by atoms with Crippen molar-refractivity contribution in [3.8, 4) is 0 Å². The van der Waals surface area contributed by atoms with E-state index in [1.54, 1.807) is 23.7 Å². The van der Waals surface area contributed by atoms with Crippen LogP contribution in [0.15, 0.2) is 23.0 Å². The van der Waals surface area contributed by atoms with Crippen LogP contribution >= 0.6 is 0 Å². The van der Waals surface area contributed by atoms with Gasteiger partial charge in [0.15, 0.2) is 0 Å². The lowest BCUT2D eigenvalue weighted by molar-refractivity contribution is 0.0907. The number of nitrogens with one attached hydrogen (secondary N) is 2. The molecule has 6 nitrogen and oxygen atoms in total. The van der Waals surface area contributed by atoms with Crippen LogP contribution in [0.2, 0.25) is 0 Å². The molecule has 0 radical (unpaired) electrons. The van der Waals surface area contributed by atoms with Crippen molar-refractivity contribution >= 4 is 16.9 Å². The van der Waals surface area contributed by atoms with Crippen LogP contribution in [-0.2, 0) is 7.05 Å². The molecule has 3 rings (SSSR count). The summed E-state index contributed by atoms with van der Waals surface area (Å²) in [5, 5.41) is 3.13. The highest BCUT2D eigenvalue weighted by Gasteiger charge is 2.21. The number of amides is 1. The van der Waals surface area contributed by atoms with Crippen molar-refractivity contribution in [1.82, 2.24) is 19.8 Å². The molecule has 0 saturated carbocycles. The van der Waals surface area contributed by atoms with Crippen LogP contribution in [0.5, 0.6) is 0 Å². The van der Waals surface area contributed by atoms with Gasteiger partial charge in [0, 0.05) is 38.3 Å². The Balaban J connectivity index is 1.62. The fraction of sp³-hybridized carbons (Fsp3) is 0.556. The first-order chi connectivity index (χ1) is 11.4. The molecule has 24 heavy (non-hydrogen) atoms. The number of benzene rings is 1. The molecular weight excluding hydrogens is 304 g/mol. The molecule has 130 valence electrons. The van der Waals surface area contributed by atoms with E-state index in [-0.39, 0.29) is 17.6 Å². The number of imidazole rings is 1. The van der Waals surface area contributed by atoms with Gasteiger partial charge in [0.2, 0.25) is 0 Å². The van der Waals surface area contributed by atoms with Crippen molar-refractivity contribution in [2.45, 2.75) is 32.7 Å². The highest BCUT2D eigenvalue weighted by Crippen LogP contribution is 2.15. The average molecular weight is 330 g/mol. The van der Waals surface area contributed by atoms with Gasteiger partial charge in [0.25, 0.3) is 5.91 Å². The van der Waals surface area contributed by atoms with Crippen LogP contribution in [0.25, 0.3) is 11.0 Å². The number of aryl methyl sites for hydroxylation is 1. The second-order valence-corrected chi connectivity index (χ2v) is 7.16. The first-order valence-electron chi connectivity index (χ1n) is 8.66. The van der Waals surface area contributed by atoms with E-state index in [0.717, 1.165) is 38.0 Å². The first-order valence-corrected chi connectivity index (χ1v) is 8.66. The predicted molar refractivity (Wildman–Crippen MR) is 95.3 cm³/mol. The molecule has 0 unspecified atom stereocenters. The normalized spacial score (nSPS) is 16.8. The Morgan fingerprint density at radius 1 is 1.33 bits per heavy atom. The van der Waals surface area contributed by atoms with E-state index >= 15 is 0 Å². The zero-order valence-electron chi connectivity index (χ0n) is 14.6. The second kappa shape index (κ2) is 6.81. The minimum atomic E-state index is -0.167. The van der Waals surface area contributed by atoms with Gasteiger partial charge in [-0.25, -0.2) is 4.79 Å². The summed E-state index contributed by atoms with van der Waals surface area (Å²) < 4.78 is 1.54. The molecule has 0 bridgehead atoms. The predicted octanol–water partition coefficient (Wildman–Crippen LogP) is 1.72. The van der Waals surface area contributed by atoms with Crippen molar-refractivity contribution < 1.29 is 4.79 Å². The number of likely N-dealkylation sites (tertiary alicyclic amines) is 1. The third-order valence-corrected chi connectivity index (χ3v) is 4.71. The molecule has 1 aliphatic heterocycles. The van der Waals surface area contributed by atoms with Crippen LogP contribution in [-0.4, -0.2) is 46.0 Å². The van der Waals surface area contributed by atoms with Crippen molar-refractivity contribution in [3.63, 3.8) is 0 Å². The number of hydrogen-bond donors (Lipinski definition) is 2. The molecule has 2 heterocycles. The van der Waals surface area contributed by atoms with Gasteiger partial charge in [-0.15, -0.1) is 0 Å². The number of hydrogen-bond acceptors (Lipinski definition) is 3. The number of aromatic nitrogens is 2. The quantitative estimate of drug-likeness (QED) is 0.897. The van der Waals surface area contributed by atoms with Crippen LogP contribution in [0.1, 0.15) is 37.0 Å². The van der Waals surface area contributed by atoms with E-state index in [1.807, 2.05) is 6.07 Å². The zero-order valence-corrected chi connectivity index (χ0v) is 14.6. The molecule has 0 aliphatic carbocycles. The SMILES string of the molecule is CC(C)CN1CCC(NC(=O)c2ccc3c(c2)[nH]c(=O)n3C)CC1. The number of H-pyrrole nitrogens is 1. The molecule has 1 saturated heterocycles. The molecular formula is C18H26N4O2. The average Bonchev–Trinajstić information content (AvgIpc) is 2.83. The van der Waals surface area contributed by atoms with E-state index in [0.29, 0.717) is 17.0 Å². The largest absolute Gasteiger partial charge is 0.349 e. The highest BCUT2D eigenvalue weighted by atomic mass is 16.2. The Hall–Kier alpha value is -2.08. The van der Waals surface area contributed by atoms with E-state index in [4.69, 9.17) is 0 Å². The van der Waals surface area contributed by atoms with E-state index in [2.05, 4.69) is 29.0 Å². The fourth-order valence-electron chi connectivity index (χ4n) is 3.42. The summed E-state index contributed by atoms with van der Waals surface area (Å²) >= 11 is 0. The minimum absolute atomic E-state index is 0.0658. The number of fused-ring (bicyclic) bond motifs is 1. The first kappa shape index (κ1) is 16.8. The Labute approximate surface area is 141 Å². The summed E-state index contributed by atoms with van der Waals surface area (Å²) in [6.45, 7) is 7.66. The third kappa shape index (κ3) is 3.53. The lowest BCUT2D eigenvalue weighted by Crippen LogP contribution is -2.45. The van der Waals surface area contributed by atoms with E-state index in [9.17, 15) is 9.59 Å². The lowest BCUT2D eigenvalue weighted by Gasteiger charge is -2.33.